The molecule has 1 aromatic rings. The summed E-state index contributed by atoms with van der Waals surface area (Å²) in [5, 5.41) is 5.97. The lowest BCUT2D eigenvalue weighted by Gasteiger charge is -2.21. The molecular weight excluding hydrogens is 276 g/mol. The van der Waals surface area contributed by atoms with E-state index in [1.165, 1.54) is 6.26 Å². The minimum atomic E-state index is -3.09. The predicted molar refractivity (Wildman–Crippen MR) is 78.6 cm³/mol. The summed E-state index contributed by atoms with van der Waals surface area (Å²) in [4.78, 5) is 11.9. The van der Waals surface area contributed by atoms with Crippen LogP contribution in [0.5, 0.6) is 0 Å². The van der Waals surface area contributed by atoms with Gasteiger partial charge in [0, 0.05) is 24.4 Å². The summed E-state index contributed by atoms with van der Waals surface area (Å²) in [5.74, 6) is -0.0518. The molecular formula is C14H20N2O3S. The lowest BCUT2D eigenvalue weighted by molar-refractivity contribution is 0.0946. The predicted octanol–water partition coefficient (Wildman–Crippen LogP) is 0.668. The molecule has 2 N–H and O–H groups in total. The SMILES string of the molecule is CCNC(CS(C)(=O)=O)c1ccc2c(c1)C(=O)NCC2. The molecule has 5 nitrogen and oxygen atoms in total. The third kappa shape index (κ3) is 3.58. The van der Waals surface area contributed by atoms with Crippen LogP contribution in [0.15, 0.2) is 18.2 Å². The third-order valence-electron chi connectivity index (χ3n) is 3.38. The first-order valence-electron chi connectivity index (χ1n) is 6.73. The Bertz CT molecular complexity index is 611. The van der Waals surface area contributed by atoms with Gasteiger partial charge in [-0.15, -0.1) is 0 Å². The van der Waals surface area contributed by atoms with Gasteiger partial charge in [0.05, 0.1) is 5.75 Å². The Morgan fingerprint density at radius 3 is 2.80 bits per heavy atom. The van der Waals surface area contributed by atoms with E-state index in [9.17, 15) is 13.2 Å². The summed E-state index contributed by atoms with van der Waals surface area (Å²) in [6.07, 6.45) is 2.04. The summed E-state index contributed by atoms with van der Waals surface area (Å²) in [7, 11) is -3.09. The number of nitrogens with one attached hydrogen (secondary N) is 2. The van der Waals surface area contributed by atoms with Crippen molar-refractivity contribution in [2.75, 3.05) is 25.1 Å². The van der Waals surface area contributed by atoms with Crippen molar-refractivity contribution in [3.63, 3.8) is 0 Å². The monoisotopic (exact) mass is 296 g/mol. The largest absolute Gasteiger partial charge is 0.352 e. The van der Waals surface area contributed by atoms with E-state index in [4.69, 9.17) is 0 Å². The molecule has 1 aromatic carbocycles. The van der Waals surface area contributed by atoms with E-state index in [1.807, 2.05) is 25.1 Å². The topological polar surface area (TPSA) is 75.3 Å². The standard InChI is InChI=1S/C14H20N2O3S/c1-3-15-13(9-20(2,18)19)11-5-4-10-6-7-16-14(17)12(10)8-11/h4-5,8,13,15H,3,6-7,9H2,1-2H3,(H,16,17). The number of sulfone groups is 1. The van der Waals surface area contributed by atoms with Gasteiger partial charge in [-0.2, -0.15) is 0 Å². The minimum absolute atomic E-state index is 0.0290. The Morgan fingerprint density at radius 1 is 1.40 bits per heavy atom. The zero-order valence-electron chi connectivity index (χ0n) is 11.8. The van der Waals surface area contributed by atoms with Gasteiger partial charge >= 0.3 is 0 Å². The third-order valence-corrected chi connectivity index (χ3v) is 4.32. The van der Waals surface area contributed by atoms with Crippen molar-refractivity contribution < 1.29 is 13.2 Å². The molecule has 0 aliphatic carbocycles. The van der Waals surface area contributed by atoms with Crippen LogP contribution < -0.4 is 10.6 Å². The van der Waals surface area contributed by atoms with Crippen molar-refractivity contribution >= 4 is 15.7 Å². The molecule has 1 atom stereocenters. The zero-order valence-corrected chi connectivity index (χ0v) is 12.6. The van der Waals surface area contributed by atoms with Crippen LogP contribution in [0.2, 0.25) is 0 Å². The highest BCUT2D eigenvalue weighted by molar-refractivity contribution is 7.90. The fourth-order valence-electron chi connectivity index (χ4n) is 2.47. The van der Waals surface area contributed by atoms with Crippen LogP contribution in [0.4, 0.5) is 0 Å². The lowest BCUT2D eigenvalue weighted by Crippen LogP contribution is -2.33. The van der Waals surface area contributed by atoms with Gasteiger partial charge in [-0.25, -0.2) is 8.42 Å². The molecule has 1 amide bonds. The number of hydrogen-bond donors (Lipinski definition) is 2. The maximum atomic E-state index is 11.9. The Hall–Kier alpha value is -1.40. The number of rotatable bonds is 5. The normalized spacial score (nSPS) is 16.4. The molecule has 2 rings (SSSR count). The number of carbonyl (C=O) groups excluding carboxylic acids is 1. The van der Waals surface area contributed by atoms with E-state index in [2.05, 4.69) is 10.6 Å². The average Bonchev–Trinajstić information content (AvgIpc) is 2.37. The van der Waals surface area contributed by atoms with Crippen LogP contribution in [-0.2, 0) is 16.3 Å². The van der Waals surface area contributed by atoms with Crippen molar-refractivity contribution in [1.29, 1.82) is 0 Å². The number of fused-ring (bicyclic) bond motifs is 1. The van der Waals surface area contributed by atoms with Gasteiger partial charge in [-0.05, 0) is 30.2 Å². The Balaban J connectivity index is 2.34. The number of benzene rings is 1. The number of hydrogen-bond acceptors (Lipinski definition) is 4. The summed E-state index contributed by atoms with van der Waals surface area (Å²) >= 11 is 0. The first-order valence-corrected chi connectivity index (χ1v) is 8.79. The molecule has 0 bridgehead atoms. The van der Waals surface area contributed by atoms with Gasteiger partial charge in [-0.1, -0.05) is 19.1 Å². The summed E-state index contributed by atoms with van der Waals surface area (Å²) in [5.41, 5.74) is 2.52. The molecule has 110 valence electrons. The Morgan fingerprint density at radius 2 is 2.15 bits per heavy atom. The Labute approximate surface area is 119 Å². The highest BCUT2D eigenvalue weighted by atomic mass is 32.2. The number of carbonyl (C=O) groups is 1. The van der Waals surface area contributed by atoms with E-state index in [0.717, 1.165) is 17.5 Å². The van der Waals surface area contributed by atoms with Crippen molar-refractivity contribution in [3.8, 4) is 0 Å². The zero-order chi connectivity index (χ0) is 14.8. The molecule has 20 heavy (non-hydrogen) atoms. The Kier molecular flexibility index (Phi) is 4.45. The van der Waals surface area contributed by atoms with Crippen LogP contribution in [-0.4, -0.2) is 39.4 Å². The van der Waals surface area contributed by atoms with E-state index in [0.29, 0.717) is 18.7 Å². The molecule has 1 unspecified atom stereocenters. The van der Waals surface area contributed by atoms with Crippen molar-refractivity contribution in [2.45, 2.75) is 19.4 Å². The molecule has 0 radical (unpaired) electrons. The second-order valence-corrected chi connectivity index (χ2v) is 7.31. The molecule has 0 spiro atoms. The quantitative estimate of drug-likeness (QED) is 0.837. The van der Waals surface area contributed by atoms with Crippen LogP contribution >= 0.6 is 0 Å². The second kappa shape index (κ2) is 5.93. The molecule has 1 aliphatic heterocycles. The van der Waals surface area contributed by atoms with Gasteiger partial charge in [0.2, 0.25) is 0 Å². The second-order valence-electron chi connectivity index (χ2n) is 5.13. The van der Waals surface area contributed by atoms with Gasteiger partial charge in [0.1, 0.15) is 9.84 Å². The van der Waals surface area contributed by atoms with Crippen molar-refractivity contribution in [1.82, 2.24) is 10.6 Å². The van der Waals surface area contributed by atoms with E-state index >= 15 is 0 Å². The average molecular weight is 296 g/mol. The van der Waals surface area contributed by atoms with Crippen molar-refractivity contribution in [3.05, 3.63) is 34.9 Å². The number of amides is 1. The fourth-order valence-corrected chi connectivity index (χ4v) is 3.38. The molecule has 0 aromatic heterocycles. The van der Waals surface area contributed by atoms with E-state index < -0.39 is 9.84 Å². The summed E-state index contributed by atoms with van der Waals surface area (Å²) in [6.45, 7) is 3.26. The van der Waals surface area contributed by atoms with Crippen LogP contribution in [0.25, 0.3) is 0 Å². The van der Waals surface area contributed by atoms with Gasteiger partial charge in [-0.3, -0.25) is 4.79 Å². The maximum Gasteiger partial charge on any atom is 0.251 e. The van der Waals surface area contributed by atoms with Crippen molar-refractivity contribution in [2.24, 2.45) is 0 Å². The lowest BCUT2D eigenvalue weighted by atomic mass is 9.95. The fraction of sp³-hybridized carbons (Fsp3) is 0.500. The molecule has 0 saturated carbocycles. The molecule has 1 heterocycles. The van der Waals surface area contributed by atoms with Crippen LogP contribution in [0, 0.1) is 0 Å². The van der Waals surface area contributed by atoms with Gasteiger partial charge in [0.25, 0.3) is 5.91 Å². The molecule has 0 saturated heterocycles. The maximum absolute atomic E-state index is 11.9. The smallest absolute Gasteiger partial charge is 0.251 e. The van der Waals surface area contributed by atoms with Crippen LogP contribution in [0.3, 0.4) is 0 Å². The highest BCUT2D eigenvalue weighted by Crippen LogP contribution is 2.21. The molecule has 1 aliphatic rings. The van der Waals surface area contributed by atoms with Gasteiger partial charge < -0.3 is 10.6 Å². The minimum Gasteiger partial charge on any atom is -0.352 e. The van der Waals surface area contributed by atoms with Crippen LogP contribution in [0.1, 0.15) is 34.5 Å². The molecule has 0 fully saturated rings. The summed E-state index contributed by atoms with van der Waals surface area (Å²) in [6, 6.07) is 5.36. The van der Waals surface area contributed by atoms with Gasteiger partial charge in [0.15, 0.2) is 0 Å². The first kappa shape index (κ1) is 15.0. The van der Waals surface area contributed by atoms with E-state index in [1.54, 1.807) is 0 Å². The molecule has 6 heteroatoms. The van der Waals surface area contributed by atoms with E-state index in [-0.39, 0.29) is 17.7 Å². The first-order chi connectivity index (χ1) is 9.40. The summed E-state index contributed by atoms with van der Waals surface area (Å²) < 4.78 is 23.0. The highest BCUT2D eigenvalue weighted by Gasteiger charge is 2.21.